The second-order valence-electron chi connectivity index (χ2n) is 5.94. The summed E-state index contributed by atoms with van der Waals surface area (Å²) in [6.45, 7) is 0.992. The number of rotatable bonds is 4. The van der Waals surface area contributed by atoms with E-state index < -0.39 is 0 Å². The van der Waals surface area contributed by atoms with Crippen molar-refractivity contribution in [2.45, 2.75) is 18.4 Å². The van der Waals surface area contributed by atoms with Gasteiger partial charge in [-0.15, -0.1) is 0 Å². The number of esters is 1. The summed E-state index contributed by atoms with van der Waals surface area (Å²) in [5.41, 5.74) is 2.08. The van der Waals surface area contributed by atoms with Crippen LogP contribution in [0.15, 0.2) is 42.5 Å². The fourth-order valence-corrected chi connectivity index (χ4v) is 3.18. The maximum Gasteiger partial charge on any atom is 0.306 e. The Hall–Kier alpha value is -2.69. The molecule has 2 unspecified atom stereocenters. The van der Waals surface area contributed by atoms with Crippen LogP contribution in [0.1, 0.15) is 29.6 Å². The quantitative estimate of drug-likeness (QED) is 0.807. The van der Waals surface area contributed by atoms with Gasteiger partial charge in [-0.25, -0.2) is 0 Å². The van der Waals surface area contributed by atoms with E-state index in [0.29, 0.717) is 19.6 Å². The number of hydrogen-bond acceptors (Lipinski definition) is 5. The van der Waals surface area contributed by atoms with Crippen LogP contribution < -0.4 is 14.2 Å². The Bertz CT molecular complexity index is 770. The van der Waals surface area contributed by atoms with Crippen LogP contribution in [0.2, 0.25) is 0 Å². The zero-order valence-electron chi connectivity index (χ0n) is 13.4. The van der Waals surface area contributed by atoms with Crippen LogP contribution in [0.4, 0.5) is 0 Å². The van der Waals surface area contributed by atoms with E-state index in [-0.39, 0.29) is 18.0 Å². The van der Waals surface area contributed by atoms with Crippen molar-refractivity contribution in [3.05, 3.63) is 53.6 Å². The van der Waals surface area contributed by atoms with Gasteiger partial charge in [-0.1, -0.05) is 24.3 Å². The Morgan fingerprint density at radius 3 is 2.79 bits per heavy atom. The molecular weight excluding hydrogens is 308 g/mol. The number of ether oxygens (including phenoxy) is 4. The zero-order valence-corrected chi connectivity index (χ0v) is 13.4. The Morgan fingerprint density at radius 2 is 1.92 bits per heavy atom. The highest BCUT2D eigenvalue weighted by molar-refractivity contribution is 5.71. The van der Waals surface area contributed by atoms with Crippen molar-refractivity contribution in [2.75, 3.05) is 20.3 Å². The number of fused-ring (bicyclic) bond motifs is 2. The van der Waals surface area contributed by atoms with Crippen LogP contribution in [0.5, 0.6) is 17.2 Å². The van der Waals surface area contributed by atoms with E-state index in [0.717, 1.165) is 28.4 Å². The minimum absolute atomic E-state index is 0.0389. The molecule has 0 saturated carbocycles. The molecule has 124 valence electrons. The van der Waals surface area contributed by atoms with Crippen molar-refractivity contribution >= 4 is 5.97 Å². The van der Waals surface area contributed by atoms with Gasteiger partial charge in [-0.3, -0.25) is 4.79 Å². The maximum absolute atomic E-state index is 11.5. The highest BCUT2D eigenvalue weighted by Gasteiger charge is 2.29. The van der Waals surface area contributed by atoms with Gasteiger partial charge in [0.1, 0.15) is 23.9 Å². The van der Waals surface area contributed by atoms with E-state index in [1.165, 1.54) is 7.11 Å². The first-order chi connectivity index (χ1) is 11.7. The van der Waals surface area contributed by atoms with Gasteiger partial charge in [-0.2, -0.15) is 0 Å². The number of methoxy groups -OCH3 is 1. The second-order valence-corrected chi connectivity index (χ2v) is 5.94. The third-order valence-electron chi connectivity index (χ3n) is 4.44. The first-order valence-electron chi connectivity index (χ1n) is 7.96. The minimum atomic E-state index is -0.225. The third-order valence-corrected chi connectivity index (χ3v) is 4.44. The Balaban J connectivity index is 1.50. The van der Waals surface area contributed by atoms with E-state index in [1.807, 2.05) is 42.5 Å². The fourth-order valence-electron chi connectivity index (χ4n) is 3.18. The van der Waals surface area contributed by atoms with Crippen molar-refractivity contribution in [1.82, 2.24) is 0 Å². The third kappa shape index (κ3) is 2.66. The topological polar surface area (TPSA) is 54.0 Å². The molecule has 2 heterocycles. The molecule has 0 amide bonds. The molecule has 0 aromatic heterocycles. The van der Waals surface area contributed by atoms with E-state index in [9.17, 15) is 4.79 Å². The largest absolute Gasteiger partial charge is 0.492 e. The van der Waals surface area contributed by atoms with Gasteiger partial charge in [0.2, 0.25) is 0 Å². The van der Waals surface area contributed by atoms with Gasteiger partial charge in [0.25, 0.3) is 0 Å². The van der Waals surface area contributed by atoms with Crippen molar-refractivity contribution in [3.8, 4) is 17.2 Å². The summed E-state index contributed by atoms with van der Waals surface area (Å²) >= 11 is 0. The standard InChI is InChI=1S/C19H18O5/c1-21-19(20)8-12-10-22-17-9-13(6-7-14(12)17)24-18-11-23-16-5-3-2-4-15(16)18/h2-7,9,12,18H,8,10-11H2,1H3. The summed E-state index contributed by atoms with van der Waals surface area (Å²) in [5.74, 6) is 2.19. The minimum Gasteiger partial charge on any atom is -0.492 e. The van der Waals surface area contributed by atoms with Gasteiger partial charge < -0.3 is 18.9 Å². The van der Waals surface area contributed by atoms with Gasteiger partial charge in [-0.05, 0) is 12.1 Å². The first-order valence-corrected chi connectivity index (χ1v) is 7.96. The number of carbonyl (C=O) groups excluding carboxylic acids is 1. The molecule has 2 aliphatic rings. The predicted octanol–water partition coefficient (Wildman–Crippen LogP) is 3.24. The molecule has 0 radical (unpaired) electrons. The first kappa shape index (κ1) is 14.9. The molecule has 2 aromatic carbocycles. The average molecular weight is 326 g/mol. The Morgan fingerprint density at radius 1 is 1.08 bits per heavy atom. The van der Waals surface area contributed by atoms with E-state index in [2.05, 4.69) is 0 Å². The smallest absolute Gasteiger partial charge is 0.306 e. The number of hydrogen-bond donors (Lipinski definition) is 0. The highest BCUT2D eigenvalue weighted by atomic mass is 16.5. The van der Waals surface area contributed by atoms with Gasteiger partial charge >= 0.3 is 5.97 Å². The van der Waals surface area contributed by atoms with Crippen molar-refractivity contribution in [2.24, 2.45) is 0 Å². The van der Waals surface area contributed by atoms with Gasteiger partial charge in [0, 0.05) is 23.1 Å². The lowest BCUT2D eigenvalue weighted by Crippen LogP contribution is -2.09. The van der Waals surface area contributed by atoms with Gasteiger partial charge in [0.05, 0.1) is 20.1 Å². The van der Waals surface area contributed by atoms with Crippen LogP contribution in [-0.4, -0.2) is 26.3 Å². The molecule has 5 heteroatoms. The SMILES string of the molecule is COC(=O)CC1COc2cc(OC3COc4ccccc43)ccc21. The number of carbonyl (C=O) groups is 1. The Kier molecular flexibility index (Phi) is 3.76. The summed E-state index contributed by atoms with van der Waals surface area (Å²) in [7, 11) is 1.40. The highest BCUT2D eigenvalue weighted by Crippen LogP contribution is 2.40. The summed E-state index contributed by atoms with van der Waals surface area (Å²) in [5, 5.41) is 0. The van der Waals surface area contributed by atoms with Crippen LogP contribution >= 0.6 is 0 Å². The summed E-state index contributed by atoms with van der Waals surface area (Å²) < 4.78 is 22.2. The molecule has 2 aliphatic heterocycles. The van der Waals surface area contributed by atoms with E-state index in [1.54, 1.807) is 0 Å². The molecule has 2 atom stereocenters. The maximum atomic E-state index is 11.5. The molecule has 0 fully saturated rings. The zero-order chi connectivity index (χ0) is 16.5. The monoisotopic (exact) mass is 326 g/mol. The van der Waals surface area contributed by atoms with Crippen LogP contribution in [0, 0.1) is 0 Å². The van der Waals surface area contributed by atoms with Crippen molar-refractivity contribution in [1.29, 1.82) is 0 Å². The summed E-state index contributed by atoms with van der Waals surface area (Å²) in [4.78, 5) is 11.5. The normalized spacial score (nSPS) is 20.5. The second kappa shape index (κ2) is 6.07. The van der Waals surface area contributed by atoms with E-state index >= 15 is 0 Å². The molecule has 0 spiro atoms. The van der Waals surface area contributed by atoms with Crippen LogP contribution in [0.25, 0.3) is 0 Å². The lowest BCUT2D eigenvalue weighted by molar-refractivity contribution is -0.141. The molecule has 4 rings (SSSR count). The van der Waals surface area contributed by atoms with Gasteiger partial charge in [0.15, 0.2) is 6.10 Å². The number of benzene rings is 2. The molecule has 0 N–H and O–H groups in total. The molecule has 24 heavy (non-hydrogen) atoms. The molecule has 0 bridgehead atoms. The molecular formula is C19H18O5. The predicted molar refractivity (Wildman–Crippen MR) is 86.6 cm³/mol. The van der Waals surface area contributed by atoms with E-state index in [4.69, 9.17) is 18.9 Å². The molecule has 0 saturated heterocycles. The Labute approximate surface area is 140 Å². The van der Waals surface area contributed by atoms with Crippen LogP contribution in [-0.2, 0) is 9.53 Å². The number of para-hydroxylation sites is 1. The molecule has 5 nitrogen and oxygen atoms in total. The molecule has 2 aromatic rings. The lowest BCUT2D eigenvalue weighted by Gasteiger charge is -2.14. The fraction of sp³-hybridized carbons (Fsp3) is 0.316. The summed E-state index contributed by atoms with van der Waals surface area (Å²) in [6, 6.07) is 13.7. The van der Waals surface area contributed by atoms with Crippen molar-refractivity contribution in [3.63, 3.8) is 0 Å². The average Bonchev–Trinajstić information content (AvgIpc) is 3.19. The van der Waals surface area contributed by atoms with Crippen molar-refractivity contribution < 1.29 is 23.7 Å². The van der Waals surface area contributed by atoms with Crippen LogP contribution in [0.3, 0.4) is 0 Å². The lowest BCUT2D eigenvalue weighted by atomic mass is 9.98. The summed E-state index contributed by atoms with van der Waals surface area (Å²) in [6.07, 6.45) is 0.208. The molecule has 0 aliphatic carbocycles.